The van der Waals surface area contributed by atoms with Gasteiger partial charge in [-0.05, 0) is 52.0 Å². The molecule has 3 saturated heterocycles. The standard InChI is InChI=1S/C21H29IO7/c1-19(2)25-11-14(26-19)15-16-17(28-20(3,4)27-16)18(22)21(24-6,29-15)12-7-9-13(23-5)10-8-12/h7-10,14-18H,11H2,1-6H3/t14-,15-,16+,17+,18-,21-/m1/s1. The van der Waals surface area contributed by atoms with Crippen LogP contribution in [0.5, 0.6) is 5.75 Å². The first kappa shape index (κ1) is 21.7. The summed E-state index contributed by atoms with van der Waals surface area (Å²) in [5, 5.41) is 0. The normalized spacial score (nSPS) is 40.6. The Labute approximate surface area is 185 Å². The molecule has 7 nitrogen and oxygen atoms in total. The summed E-state index contributed by atoms with van der Waals surface area (Å²) in [6.45, 7) is 8.06. The van der Waals surface area contributed by atoms with Gasteiger partial charge in [0.15, 0.2) is 11.6 Å². The molecule has 1 aromatic carbocycles. The molecule has 162 valence electrons. The quantitative estimate of drug-likeness (QED) is 0.446. The van der Waals surface area contributed by atoms with Gasteiger partial charge >= 0.3 is 0 Å². The zero-order valence-corrected chi connectivity index (χ0v) is 19.8. The summed E-state index contributed by atoms with van der Waals surface area (Å²) < 4.78 is 42.5. The van der Waals surface area contributed by atoms with E-state index in [0.717, 1.165) is 11.3 Å². The fraction of sp³-hybridized carbons (Fsp3) is 0.714. The molecule has 1 aromatic rings. The molecular formula is C21H29IO7. The predicted molar refractivity (Wildman–Crippen MR) is 113 cm³/mol. The molecule has 0 unspecified atom stereocenters. The molecule has 3 fully saturated rings. The Bertz CT molecular complexity index is 737. The van der Waals surface area contributed by atoms with E-state index in [1.54, 1.807) is 14.2 Å². The fourth-order valence-corrected chi connectivity index (χ4v) is 5.66. The van der Waals surface area contributed by atoms with Crippen LogP contribution in [0.1, 0.15) is 33.3 Å². The molecule has 6 atom stereocenters. The first-order valence-corrected chi connectivity index (χ1v) is 11.0. The van der Waals surface area contributed by atoms with Crippen LogP contribution in [-0.2, 0) is 34.2 Å². The third-order valence-corrected chi connectivity index (χ3v) is 7.17. The summed E-state index contributed by atoms with van der Waals surface area (Å²) in [5.41, 5.74) is 0.884. The smallest absolute Gasteiger partial charge is 0.209 e. The largest absolute Gasteiger partial charge is 0.497 e. The molecule has 0 radical (unpaired) electrons. The Balaban J connectivity index is 1.73. The van der Waals surface area contributed by atoms with E-state index >= 15 is 0 Å². The number of rotatable bonds is 4. The Kier molecular flexibility index (Phi) is 5.68. The zero-order chi connectivity index (χ0) is 21.0. The SMILES string of the molecule is COc1ccc([C@@]2(OC)O[C@H]([C@H]3COC(C)(C)O3)[C@@H]3OC(C)(C)O[C@@H]3[C@H]2I)cc1. The van der Waals surface area contributed by atoms with Crippen molar-refractivity contribution in [2.24, 2.45) is 0 Å². The monoisotopic (exact) mass is 520 g/mol. The van der Waals surface area contributed by atoms with E-state index in [2.05, 4.69) is 22.6 Å². The van der Waals surface area contributed by atoms with Crippen LogP contribution >= 0.6 is 22.6 Å². The number of hydrogen-bond donors (Lipinski definition) is 0. The number of hydrogen-bond acceptors (Lipinski definition) is 7. The molecule has 0 aromatic heterocycles. The van der Waals surface area contributed by atoms with Crippen molar-refractivity contribution in [2.45, 2.75) is 73.4 Å². The molecular weight excluding hydrogens is 491 g/mol. The molecule has 3 aliphatic heterocycles. The Hall–Kier alpha value is -0.490. The summed E-state index contributed by atoms with van der Waals surface area (Å²) in [5.74, 6) is -1.65. The van der Waals surface area contributed by atoms with E-state index in [1.807, 2.05) is 52.0 Å². The lowest BCUT2D eigenvalue weighted by Crippen LogP contribution is -2.63. The maximum atomic E-state index is 6.70. The van der Waals surface area contributed by atoms with Crippen molar-refractivity contribution in [1.82, 2.24) is 0 Å². The van der Waals surface area contributed by atoms with Gasteiger partial charge in [-0.15, -0.1) is 0 Å². The third-order valence-electron chi connectivity index (χ3n) is 5.64. The van der Waals surface area contributed by atoms with Crippen molar-refractivity contribution < 1.29 is 33.2 Å². The molecule has 29 heavy (non-hydrogen) atoms. The molecule has 0 bridgehead atoms. The van der Waals surface area contributed by atoms with Crippen molar-refractivity contribution in [1.29, 1.82) is 0 Å². The summed E-state index contributed by atoms with van der Waals surface area (Å²) in [6, 6.07) is 7.72. The number of fused-ring (bicyclic) bond motifs is 1. The van der Waals surface area contributed by atoms with Crippen LogP contribution in [-0.4, -0.2) is 60.7 Å². The number of alkyl halides is 1. The van der Waals surface area contributed by atoms with Crippen LogP contribution < -0.4 is 4.74 Å². The second-order valence-corrected chi connectivity index (χ2v) is 9.86. The fourth-order valence-electron chi connectivity index (χ4n) is 4.34. The predicted octanol–water partition coefficient (Wildman–Crippen LogP) is 3.37. The van der Waals surface area contributed by atoms with Crippen LogP contribution in [0.2, 0.25) is 0 Å². The summed E-state index contributed by atoms with van der Waals surface area (Å²) in [6.07, 6.45) is -1.25. The number of benzene rings is 1. The van der Waals surface area contributed by atoms with E-state index in [0.29, 0.717) is 6.61 Å². The van der Waals surface area contributed by atoms with Gasteiger partial charge in [-0.1, -0.05) is 22.6 Å². The molecule has 3 heterocycles. The lowest BCUT2D eigenvalue weighted by atomic mass is 9.89. The maximum Gasteiger partial charge on any atom is 0.209 e. The van der Waals surface area contributed by atoms with Gasteiger partial charge in [0.1, 0.15) is 30.2 Å². The number of halogens is 1. The minimum absolute atomic E-state index is 0.156. The van der Waals surface area contributed by atoms with Gasteiger partial charge in [-0.3, -0.25) is 0 Å². The topological polar surface area (TPSA) is 64.6 Å². The summed E-state index contributed by atoms with van der Waals surface area (Å²) in [7, 11) is 3.30. The minimum atomic E-state index is -1.03. The first-order chi connectivity index (χ1) is 13.6. The van der Waals surface area contributed by atoms with Crippen molar-refractivity contribution in [3.8, 4) is 5.75 Å². The van der Waals surface area contributed by atoms with Crippen LogP contribution in [0, 0.1) is 0 Å². The number of ether oxygens (including phenoxy) is 7. The Morgan fingerprint density at radius 3 is 2.07 bits per heavy atom. The van der Waals surface area contributed by atoms with Gasteiger partial charge < -0.3 is 33.2 Å². The summed E-state index contributed by atoms with van der Waals surface area (Å²) >= 11 is 2.35. The average molecular weight is 520 g/mol. The highest BCUT2D eigenvalue weighted by molar-refractivity contribution is 14.1. The minimum Gasteiger partial charge on any atom is -0.497 e. The lowest BCUT2D eigenvalue weighted by Gasteiger charge is -2.49. The highest BCUT2D eigenvalue weighted by atomic mass is 127. The van der Waals surface area contributed by atoms with E-state index < -0.39 is 23.5 Å². The van der Waals surface area contributed by atoms with E-state index in [9.17, 15) is 0 Å². The Morgan fingerprint density at radius 2 is 1.52 bits per heavy atom. The molecule has 4 rings (SSSR count). The highest BCUT2D eigenvalue weighted by Gasteiger charge is 2.63. The molecule has 0 amide bonds. The molecule has 0 aliphatic carbocycles. The van der Waals surface area contributed by atoms with Crippen molar-refractivity contribution in [3.05, 3.63) is 29.8 Å². The van der Waals surface area contributed by atoms with Crippen molar-refractivity contribution in [3.63, 3.8) is 0 Å². The lowest BCUT2D eigenvalue weighted by molar-refractivity contribution is -0.315. The van der Waals surface area contributed by atoms with Crippen LogP contribution in [0.3, 0.4) is 0 Å². The van der Waals surface area contributed by atoms with Gasteiger partial charge in [0, 0.05) is 12.7 Å². The van der Waals surface area contributed by atoms with E-state index in [1.165, 1.54) is 0 Å². The molecule has 0 N–H and O–H groups in total. The second kappa shape index (κ2) is 7.58. The Morgan fingerprint density at radius 1 is 0.862 bits per heavy atom. The van der Waals surface area contributed by atoms with E-state index in [-0.39, 0.29) is 22.2 Å². The molecule has 8 heteroatoms. The van der Waals surface area contributed by atoms with Crippen LogP contribution in [0.4, 0.5) is 0 Å². The maximum absolute atomic E-state index is 6.70. The second-order valence-electron chi connectivity index (χ2n) is 8.52. The third kappa shape index (κ3) is 3.81. The first-order valence-electron chi connectivity index (χ1n) is 9.80. The van der Waals surface area contributed by atoms with E-state index in [4.69, 9.17) is 33.2 Å². The molecule has 0 spiro atoms. The van der Waals surface area contributed by atoms with Crippen LogP contribution in [0.15, 0.2) is 24.3 Å². The zero-order valence-electron chi connectivity index (χ0n) is 17.6. The van der Waals surface area contributed by atoms with Gasteiger partial charge in [0.25, 0.3) is 0 Å². The average Bonchev–Trinajstić information content (AvgIpc) is 3.21. The van der Waals surface area contributed by atoms with Gasteiger partial charge in [-0.2, -0.15) is 0 Å². The van der Waals surface area contributed by atoms with Gasteiger partial charge in [0.2, 0.25) is 5.79 Å². The number of methoxy groups -OCH3 is 2. The van der Waals surface area contributed by atoms with Crippen molar-refractivity contribution >= 4 is 22.6 Å². The highest BCUT2D eigenvalue weighted by Crippen LogP contribution is 2.51. The van der Waals surface area contributed by atoms with Gasteiger partial charge in [0.05, 0.1) is 17.6 Å². The van der Waals surface area contributed by atoms with Crippen LogP contribution in [0.25, 0.3) is 0 Å². The molecule has 3 aliphatic rings. The van der Waals surface area contributed by atoms with Crippen molar-refractivity contribution in [2.75, 3.05) is 20.8 Å². The molecule has 0 saturated carbocycles. The summed E-state index contributed by atoms with van der Waals surface area (Å²) in [4.78, 5) is 0. The van der Waals surface area contributed by atoms with Gasteiger partial charge in [-0.25, -0.2) is 0 Å².